The van der Waals surface area contributed by atoms with Gasteiger partial charge in [-0.05, 0) is 30.3 Å². The summed E-state index contributed by atoms with van der Waals surface area (Å²) < 4.78 is 18.9. The summed E-state index contributed by atoms with van der Waals surface area (Å²) >= 11 is 11.6. The number of aliphatic hydroxyl groups excluding tert-OH is 1. The molecule has 19 heavy (non-hydrogen) atoms. The van der Waals surface area contributed by atoms with Crippen LogP contribution in [0.1, 0.15) is 17.2 Å². The molecule has 2 nitrogen and oxygen atoms in total. The van der Waals surface area contributed by atoms with Gasteiger partial charge < -0.3 is 9.84 Å². The molecule has 0 aliphatic heterocycles. The Kier molecular flexibility index (Phi) is 4.30. The Balaban J connectivity index is 2.49. The van der Waals surface area contributed by atoms with Crippen molar-refractivity contribution in [1.82, 2.24) is 0 Å². The third kappa shape index (κ3) is 3.00. The molecule has 0 saturated carbocycles. The summed E-state index contributed by atoms with van der Waals surface area (Å²) in [6.07, 6.45) is -1.18. The summed E-state index contributed by atoms with van der Waals surface area (Å²) in [5, 5.41) is 11.0. The normalized spacial score (nSPS) is 12.3. The number of rotatable bonds is 3. The molecule has 1 atom stereocenters. The Hall–Kier alpha value is -1.29. The first kappa shape index (κ1) is 14.1. The van der Waals surface area contributed by atoms with Gasteiger partial charge in [-0.25, -0.2) is 4.39 Å². The fourth-order valence-electron chi connectivity index (χ4n) is 1.81. The zero-order chi connectivity index (χ0) is 14.0. The predicted molar refractivity (Wildman–Crippen MR) is 73.5 cm³/mol. The molecule has 1 N–H and O–H groups in total. The largest absolute Gasteiger partial charge is 0.496 e. The van der Waals surface area contributed by atoms with E-state index < -0.39 is 11.9 Å². The number of ether oxygens (including phenoxy) is 1. The van der Waals surface area contributed by atoms with E-state index in [2.05, 4.69) is 0 Å². The Morgan fingerprint density at radius 1 is 1.05 bits per heavy atom. The van der Waals surface area contributed by atoms with Crippen LogP contribution in [0.4, 0.5) is 4.39 Å². The molecule has 0 aliphatic carbocycles. The van der Waals surface area contributed by atoms with Crippen LogP contribution in [0.2, 0.25) is 10.0 Å². The number of benzene rings is 2. The second-order valence-electron chi connectivity index (χ2n) is 3.95. The van der Waals surface area contributed by atoms with E-state index in [4.69, 9.17) is 27.9 Å². The van der Waals surface area contributed by atoms with Crippen molar-refractivity contribution in [3.8, 4) is 5.75 Å². The van der Waals surface area contributed by atoms with Crippen LogP contribution in [0, 0.1) is 5.82 Å². The maximum atomic E-state index is 13.8. The second kappa shape index (κ2) is 5.78. The predicted octanol–water partition coefficient (Wildman–Crippen LogP) is 4.22. The van der Waals surface area contributed by atoms with Crippen molar-refractivity contribution >= 4 is 23.2 Å². The van der Waals surface area contributed by atoms with Crippen LogP contribution in [0.15, 0.2) is 36.4 Å². The molecule has 5 heteroatoms. The third-order valence-electron chi connectivity index (χ3n) is 2.74. The van der Waals surface area contributed by atoms with Crippen molar-refractivity contribution in [3.05, 3.63) is 63.4 Å². The van der Waals surface area contributed by atoms with Gasteiger partial charge in [0, 0.05) is 21.2 Å². The Labute approximate surface area is 120 Å². The summed E-state index contributed by atoms with van der Waals surface area (Å²) in [6.45, 7) is 0. The topological polar surface area (TPSA) is 29.5 Å². The van der Waals surface area contributed by atoms with Gasteiger partial charge in [-0.3, -0.25) is 0 Å². The SMILES string of the molecule is COc1ccc(Cl)cc1C(O)c1ccc(Cl)cc1F. The molecule has 0 fully saturated rings. The second-order valence-corrected chi connectivity index (χ2v) is 4.83. The van der Waals surface area contributed by atoms with E-state index in [1.54, 1.807) is 18.2 Å². The van der Waals surface area contributed by atoms with Crippen LogP contribution in [-0.2, 0) is 0 Å². The minimum Gasteiger partial charge on any atom is -0.496 e. The van der Waals surface area contributed by atoms with Gasteiger partial charge in [0.05, 0.1) is 7.11 Å². The van der Waals surface area contributed by atoms with E-state index in [-0.39, 0.29) is 10.6 Å². The molecule has 0 saturated heterocycles. The van der Waals surface area contributed by atoms with Crippen LogP contribution in [0.5, 0.6) is 5.75 Å². The first-order chi connectivity index (χ1) is 9.02. The average molecular weight is 301 g/mol. The maximum absolute atomic E-state index is 13.8. The van der Waals surface area contributed by atoms with Crippen LogP contribution in [0.3, 0.4) is 0 Å². The summed E-state index contributed by atoms with van der Waals surface area (Å²) in [6, 6.07) is 8.89. The fraction of sp³-hybridized carbons (Fsp3) is 0.143. The van der Waals surface area contributed by atoms with E-state index in [0.717, 1.165) is 6.07 Å². The van der Waals surface area contributed by atoms with Gasteiger partial charge in [-0.1, -0.05) is 29.3 Å². The number of hydrogen-bond donors (Lipinski definition) is 1. The van der Waals surface area contributed by atoms with Crippen LogP contribution in [0.25, 0.3) is 0 Å². The van der Waals surface area contributed by atoms with E-state index in [1.165, 1.54) is 19.2 Å². The monoisotopic (exact) mass is 300 g/mol. The molecule has 100 valence electrons. The lowest BCUT2D eigenvalue weighted by molar-refractivity contribution is 0.209. The lowest BCUT2D eigenvalue weighted by Gasteiger charge is -2.16. The zero-order valence-corrected chi connectivity index (χ0v) is 11.5. The summed E-state index contributed by atoms with van der Waals surface area (Å²) in [5.41, 5.74) is 0.515. The van der Waals surface area contributed by atoms with Crippen molar-refractivity contribution in [1.29, 1.82) is 0 Å². The van der Waals surface area contributed by atoms with Crippen LogP contribution >= 0.6 is 23.2 Å². The van der Waals surface area contributed by atoms with Gasteiger partial charge in [0.2, 0.25) is 0 Å². The number of methoxy groups -OCH3 is 1. The first-order valence-corrected chi connectivity index (χ1v) is 6.25. The van der Waals surface area contributed by atoms with Gasteiger partial charge in [0.15, 0.2) is 0 Å². The minimum absolute atomic E-state index is 0.116. The van der Waals surface area contributed by atoms with Gasteiger partial charge in [-0.2, -0.15) is 0 Å². The first-order valence-electron chi connectivity index (χ1n) is 5.49. The average Bonchev–Trinajstić information content (AvgIpc) is 2.38. The summed E-state index contributed by atoms with van der Waals surface area (Å²) in [7, 11) is 1.47. The highest BCUT2D eigenvalue weighted by atomic mass is 35.5. The van der Waals surface area contributed by atoms with Crippen LogP contribution < -0.4 is 4.74 Å². The molecule has 0 aliphatic rings. The molecule has 2 rings (SSSR count). The van der Waals surface area contributed by atoms with Crippen molar-refractivity contribution in [3.63, 3.8) is 0 Å². The van der Waals surface area contributed by atoms with Gasteiger partial charge in [-0.15, -0.1) is 0 Å². The maximum Gasteiger partial charge on any atom is 0.130 e. The number of aliphatic hydroxyl groups is 1. The Morgan fingerprint density at radius 3 is 2.32 bits per heavy atom. The standard InChI is InChI=1S/C14H11Cl2FO2/c1-19-13-5-3-8(15)6-11(13)14(18)10-4-2-9(16)7-12(10)17/h2-7,14,18H,1H3. The van der Waals surface area contributed by atoms with Crippen molar-refractivity contribution in [2.24, 2.45) is 0 Å². The highest BCUT2D eigenvalue weighted by molar-refractivity contribution is 6.31. The third-order valence-corrected chi connectivity index (χ3v) is 3.21. The molecule has 0 spiro atoms. The molecule has 0 aromatic heterocycles. The molecule has 1 unspecified atom stereocenters. The van der Waals surface area contributed by atoms with Crippen molar-refractivity contribution in [2.75, 3.05) is 7.11 Å². The molecule has 2 aromatic rings. The van der Waals surface area contributed by atoms with Crippen molar-refractivity contribution < 1.29 is 14.2 Å². The summed E-state index contributed by atoms with van der Waals surface area (Å²) in [5.74, 6) is -0.145. The van der Waals surface area contributed by atoms with Crippen molar-refractivity contribution in [2.45, 2.75) is 6.10 Å². The smallest absolute Gasteiger partial charge is 0.130 e. The summed E-state index contributed by atoms with van der Waals surface area (Å²) in [4.78, 5) is 0. The van der Waals surface area contributed by atoms with E-state index in [1.807, 2.05) is 0 Å². The van der Waals surface area contributed by atoms with E-state index in [0.29, 0.717) is 16.3 Å². The Bertz CT molecular complexity index is 602. The molecule has 2 aromatic carbocycles. The van der Waals surface area contributed by atoms with E-state index >= 15 is 0 Å². The van der Waals surface area contributed by atoms with Gasteiger partial charge in [0.1, 0.15) is 17.7 Å². The lowest BCUT2D eigenvalue weighted by atomic mass is 10.00. The minimum atomic E-state index is -1.18. The molecule has 0 amide bonds. The highest BCUT2D eigenvalue weighted by Gasteiger charge is 2.19. The quantitative estimate of drug-likeness (QED) is 0.919. The molecular weight excluding hydrogens is 290 g/mol. The van der Waals surface area contributed by atoms with E-state index in [9.17, 15) is 9.50 Å². The number of halogens is 3. The fourth-order valence-corrected chi connectivity index (χ4v) is 2.15. The zero-order valence-electron chi connectivity index (χ0n) is 10.0. The van der Waals surface area contributed by atoms with Gasteiger partial charge >= 0.3 is 0 Å². The lowest BCUT2D eigenvalue weighted by Crippen LogP contribution is -2.04. The molecule has 0 heterocycles. The highest BCUT2D eigenvalue weighted by Crippen LogP contribution is 2.33. The van der Waals surface area contributed by atoms with Crippen LogP contribution in [-0.4, -0.2) is 12.2 Å². The Morgan fingerprint density at radius 2 is 1.68 bits per heavy atom. The van der Waals surface area contributed by atoms with Gasteiger partial charge in [0.25, 0.3) is 0 Å². The number of hydrogen-bond acceptors (Lipinski definition) is 2. The molecule has 0 bridgehead atoms. The molecule has 0 radical (unpaired) electrons. The molecular formula is C14H11Cl2FO2.